The van der Waals surface area contributed by atoms with Crippen molar-refractivity contribution in [1.82, 2.24) is 0 Å². The Labute approximate surface area is 45.5 Å². The van der Waals surface area contributed by atoms with Crippen molar-refractivity contribution in [2.75, 3.05) is 0 Å². The largest absolute Gasteiger partial charge is 0.300 e. The molecule has 0 unspecified atom stereocenters. The Hall–Kier alpha value is -0.265. The van der Waals surface area contributed by atoms with Crippen molar-refractivity contribution in [3.05, 3.63) is 0 Å². The van der Waals surface area contributed by atoms with Crippen LogP contribution in [0.25, 0.3) is 0 Å². The van der Waals surface area contributed by atoms with Crippen LogP contribution in [0.1, 0.15) is 19.8 Å². The molecule has 0 saturated carbocycles. The van der Waals surface area contributed by atoms with E-state index in [0.29, 0.717) is 5.78 Å². The molecule has 0 radical (unpaired) electrons. The summed E-state index contributed by atoms with van der Waals surface area (Å²) in [4.78, 5) is 10.2. The molecule has 0 N–H and O–H groups in total. The van der Waals surface area contributed by atoms with E-state index in [1.54, 1.807) is 6.92 Å². The van der Waals surface area contributed by atoms with Crippen LogP contribution in [-0.2, 0) is 4.79 Å². The van der Waals surface area contributed by atoms with Gasteiger partial charge < -0.3 is 4.79 Å². The molecule has 0 spiro atoms. The monoisotopic (exact) mass is 98.1 g/mol. The summed E-state index contributed by atoms with van der Waals surface area (Å²) in [6.07, 6.45) is 2.94. The highest BCUT2D eigenvalue weighted by Gasteiger charge is 1.87. The summed E-state index contributed by atoms with van der Waals surface area (Å²) in [5.74, 6) is 0.307. The first-order valence-corrected chi connectivity index (χ1v) is 2.76. The van der Waals surface area contributed by atoms with E-state index in [1.165, 1.54) is 0 Å². The van der Waals surface area contributed by atoms with Crippen molar-refractivity contribution in [2.24, 2.45) is 0 Å². The minimum absolute atomic E-state index is 0.307. The lowest BCUT2D eigenvalue weighted by Gasteiger charge is -1.86. The minimum Gasteiger partial charge on any atom is -0.300 e. The molecule has 0 rings (SSSR count). The van der Waals surface area contributed by atoms with E-state index in [-0.39, 0.29) is 0 Å². The first kappa shape index (κ1) is 6.73. The fourth-order valence-electron chi connectivity index (χ4n) is 0.426. The smallest absolute Gasteiger partial charge is 0.129 e. The summed E-state index contributed by atoms with van der Waals surface area (Å²) in [5, 5.41) is 0. The lowest BCUT2D eigenvalue weighted by Crippen LogP contribution is -1.87. The number of Topliss-reactive ketones (excluding diaryl/α,β-unsaturated/α-hetero) is 1. The van der Waals surface area contributed by atoms with Gasteiger partial charge in [0, 0.05) is 6.42 Å². The zero-order valence-electron chi connectivity index (χ0n) is 5.03. The third-order valence-electron chi connectivity index (χ3n) is 0.882. The van der Waals surface area contributed by atoms with Gasteiger partial charge in [-0.15, -0.1) is 0 Å². The van der Waals surface area contributed by atoms with Gasteiger partial charge in [-0.2, -0.15) is 0 Å². The van der Waals surface area contributed by atoms with Gasteiger partial charge in [0.25, 0.3) is 0 Å². The second-order valence-corrected chi connectivity index (χ2v) is 1.81. The Morgan fingerprint density at radius 1 is 1.71 bits per heavy atom. The lowest BCUT2D eigenvalue weighted by atomic mass is 9.99. The Balaban J connectivity index is 2.82. The predicted octanol–water partition coefficient (Wildman–Crippen LogP) is 0.407. The maximum absolute atomic E-state index is 10.2. The van der Waals surface area contributed by atoms with Gasteiger partial charge in [0.15, 0.2) is 0 Å². The average Bonchev–Trinajstić information content (AvgIpc) is 1.61. The molecule has 0 aromatic carbocycles. The van der Waals surface area contributed by atoms with Crippen LogP contribution >= 0.6 is 0 Å². The van der Waals surface area contributed by atoms with Crippen molar-refractivity contribution >= 4 is 13.6 Å². The molecule has 0 heterocycles. The van der Waals surface area contributed by atoms with Crippen LogP contribution in [0.5, 0.6) is 0 Å². The van der Waals surface area contributed by atoms with Gasteiger partial charge in [-0.1, -0.05) is 12.7 Å². The summed E-state index contributed by atoms with van der Waals surface area (Å²) in [6.45, 7) is 1.63. The Morgan fingerprint density at radius 3 is 2.43 bits per heavy atom. The van der Waals surface area contributed by atoms with Gasteiger partial charge in [0.1, 0.15) is 13.6 Å². The zero-order valence-corrected chi connectivity index (χ0v) is 5.03. The molecule has 1 nitrogen and oxygen atoms in total. The number of carbonyl (C=O) groups excluding carboxylic acids is 1. The number of ketones is 1. The van der Waals surface area contributed by atoms with Crippen LogP contribution in [-0.4, -0.2) is 13.6 Å². The molecule has 0 aromatic heterocycles. The molecule has 7 heavy (non-hydrogen) atoms. The Morgan fingerprint density at radius 2 is 2.29 bits per heavy atom. The summed E-state index contributed by atoms with van der Waals surface area (Å²) in [7, 11) is 2.09. The molecular weight excluding hydrogens is 86.9 g/mol. The van der Waals surface area contributed by atoms with E-state index in [9.17, 15) is 4.79 Å². The van der Waals surface area contributed by atoms with E-state index < -0.39 is 0 Å². The Bertz CT molecular complexity index is 61.1. The third-order valence-corrected chi connectivity index (χ3v) is 0.882. The first-order valence-electron chi connectivity index (χ1n) is 2.76. The average molecular weight is 98.0 g/mol. The van der Waals surface area contributed by atoms with E-state index >= 15 is 0 Å². The van der Waals surface area contributed by atoms with E-state index in [1.807, 2.05) is 0 Å². The normalized spacial score (nSPS) is 8.71. The van der Waals surface area contributed by atoms with Gasteiger partial charge in [-0.05, 0) is 6.92 Å². The molecule has 0 aliphatic rings. The van der Waals surface area contributed by atoms with Crippen LogP contribution in [0.2, 0.25) is 6.32 Å². The van der Waals surface area contributed by atoms with Crippen LogP contribution < -0.4 is 0 Å². The van der Waals surface area contributed by atoms with Crippen molar-refractivity contribution in [1.29, 1.82) is 0 Å². The lowest BCUT2D eigenvalue weighted by molar-refractivity contribution is -0.117. The topological polar surface area (TPSA) is 17.1 Å². The van der Waals surface area contributed by atoms with E-state index in [2.05, 4.69) is 7.85 Å². The SMILES string of the molecule is BCCCC(C)=O. The molecule has 0 aliphatic carbocycles. The highest BCUT2D eigenvalue weighted by molar-refractivity contribution is 6.08. The summed E-state index contributed by atoms with van der Waals surface area (Å²) in [6, 6.07) is 0. The molecule has 0 bridgehead atoms. The first-order chi connectivity index (χ1) is 3.27. The summed E-state index contributed by atoms with van der Waals surface area (Å²) < 4.78 is 0. The van der Waals surface area contributed by atoms with Crippen LogP contribution in [0.4, 0.5) is 0 Å². The quantitative estimate of drug-likeness (QED) is 0.467. The maximum atomic E-state index is 10.2. The van der Waals surface area contributed by atoms with Crippen molar-refractivity contribution in [3.63, 3.8) is 0 Å². The van der Waals surface area contributed by atoms with Crippen molar-refractivity contribution < 1.29 is 4.79 Å². The second-order valence-electron chi connectivity index (χ2n) is 1.81. The summed E-state index contributed by atoms with van der Waals surface area (Å²) >= 11 is 0. The fraction of sp³-hybridized carbons (Fsp3) is 0.800. The van der Waals surface area contributed by atoms with Crippen molar-refractivity contribution in [3.8, 4) is 0 Å². The number of hydrogen-bond donors (Lipinski definition) is 0. The molecule has 40 valence electrons. The van der Waals surface area contributed by atoms with E-state index in [4.69, 9.17) is 0 Å². The van der Waals surface area contributed by atoms with Crippen LogP contribution in [0.3, 0.4) is 0 Å². The molecule has 2 heteroatoms. The third kappa shape index (κ3) is 5.73. The standard InChI is InChI=1S/C5H11BO/c1-5(7)3-2-4-6/h2-4,6H2,1H3. The second kappa shape index (κ2) is 3.91. The van der Waals surface area contributed by atoms with Gasteiger partial charge in [-0.25, -0.2) is 0 Å². The van der Waals surface area contributed by atoms with Gasteiger partial charge in [0.2, 0.25) is 0 Å². The molecular formula is C5H11BO. The highest BCUT2D eigenvalue weighted by atomic mass is 16.1. The highest BCUT2D eigenvalue weighted by Crippen LogP contribution is 1.91. The van der Waals surface area contributed by atoms with Crippen molar-refractivity contribution in [2.45, 2.75) is 26.1 Å². The molecule has 0 atom stereocenters. The van der Waals surface area contributed by atoms with Gasteiger partial charge in [0.05, 0.1) is 0 Å². The minimum atomic E-state index is 0.307. The number of rotatable bonds is 3. The fourth-order valence-corrected chi connectivity index (χ4v) is 0.426. The Kier molecular flexibility index (Phi) is 3.76. The summed E-state index contributed by atoms with van der Waals surface area (Å²) in [5.41, 5.74) is 0. The van der Waals surface area contributed by atoms with Gasteiger partial charge >= 0.3 is 0 Å². The molecule has 0 saturated heterocycles. The molecule has 0 aromatic rings. The number of hydrogen-bond acceptors (Lipinski definition) is 1. The number of carbonyl (C=O) groups is 1. The predicted molar refractivity (Wildman–Crippen MR) is 33.3 cm³/mol. The molecule has 0 amide bonds. The maximum Gasteiger partial charge on any atom is 0.129 e. The van der Waals surface area contributed by atoms with E-state index in [0.717, 1.165) is 19.2 Å². The molecule has 0 fully saturated rings. The van der Waals surface area contributed by atoms with Crippen LogP contribution in [0.15, 0.2) is 0 Å². The van der Waals surface area contributed by atoms with Gasteiger partial charge in [-0.3, -0.25) is 0 Å². The van der Waals surface area contributed by atoms with Crippen LogP contribution in [0, 0.1) is 0 Å². The zero-order chi connectivity index (χ0) is 5.70. The molecule has 0 aliphatic heterocycles.